The Kier molecular flexibility index (Phi) is 5.16. The number of sulfone groups is 1. The highest BCUT2D eigenvalue weighted by atomic mass is 32.2. The lowest BCUT2D eigenvalue weighted by atomic mass is 10.1. The molecule has 7 nitrogen and oxygen atoms in total. The molecule has 0 aliphatic rings. The molecule has 0 saturated heterocycles. The third-order valence-corrected chi connectivity index (χ3v) is 3.39. The van der Waals surface area contributed by atoms with Crippen LogP contribution in [0.4, 0.5) is 0 Å². The number of aryl methyl sites for hydroxylation is 1. The van der Waals surface area contributed by atoms with Crippen LogP contribution >= 0.6 is 0 Å². The molecule has 0 radical (unpaired) electrons. The van der Waals surface area contributed by atoms with E-state index in [9.17, 15) is 13.2 Å². The Morgan fingerprint density at radius 2 is 2.20 bits per heavy atom. The molecule has 0 aliphatic carbocycles. The zero-order valence-electron chi connectivity index (χ0n) is 11.5. The van der Waals surface area contributed by atoms with Crippen LogP contribution in [0.25, 0.3) is 0 Å². The Labute approximate surface area is 118 Å². The fourth-order valence-corrected chi connectivity index (χ4v) is 2.02. The topological polar surface area (TPSA) is 113 Å². The summed E-state index contributed by atoms with van der Waals surface area (Å²) in [6.45, 7) is 3.50. The van der Waals surface area contributed by atoms with Gasteiger partial charge < -0.3 is 5.32 Å². The molecule has 1 unspecified atom stereocenters. The number of nitrogens with one attached hydrogen (secondary N) is 1. The summed E-state index contributed by atoms with van der Waals surface area (Å²) in [5, 5.41) is 11.0. The van der Waals surface area contributed by atoms with Crippen molar-refractivity contribution >= 4 is 15.7 Å². The average Bonchev–Trinajstić information content (AvgIpc) is 2.37. The van der Waals surface area contributed by atoms with Crippen LogP contribution in [0.15, 0.2) is 11.4 Å². The molecular weight excluding hydrogens is 280 g/mol. The lowest BCUT2D eigenvalue weighted by molar-refractivity contribution is 0.0937. The standard InChI is InChI=1S/C12H16N4O3S/c1-4-5-9(6-13)15-11(17)10-8(2)7-14-12(16-10)20(3,18)19/h7,9H,4-5H2,1-3H3,(H,15,17). The third kappa shape index (κ3) is 3.99. The van der Waals surface area contributed by atoms with Crippen LogP contribution in [0.1, 0.15) is 35.8 Å². The van der Waals surface area contributed by atoms with Crippen molar-refractivity contribution in [3.63, 3.8) is 0 Å². The van der Waals surface area contributed by atoms with E-state index in [0.29, 0.717) is 12.0 Å². The van der Waals surface area contributed by atoms with Gasteiger partial charge in [-0.05, 0) is 18.9 Å². The van der Waals surface area contributed by atoms with Crippen LogP contribution in [-0.4, -0.2) is 36.6 Å². The zero-order chi connectivity index (χ0) is 15.3. The minimum Gasteiger partial charge on any atom is -0.335 e. The number of nitriles is 1. The van der Waals surface area contributed by atoms with E-state index < -0.39 is 26.9 Å². The summed E-state index contributed by atoms with van der Waals surface area (Å²) in [7, 11) is -3.59. The predicted octanol–water partition coefficient (Wildman–Crippen LogP) is 0.611. The van der Waals surface area contributed by atoms with Crippen molar-refractivity contribution in [2.24, 2.45) is 0 Å². The highest BCUT2D eigenvalue weighted by Crippen LogP contribution is 2.08. The van der Waals surface area contributed by atoms with Crippen LogP contribution in [0.3, 0.4) is 0 Å². The number of hydrogen-bond donors (Lipinski definition) is 1. The van der Waals surface area contributed by atoms with Gasteiger partial charge in [-0.25, -0.2) is 18.4 Å². The lowest BCUT2D eigenvalue weighted by Crippen LogP contribution is -2.35. The van der Waals surface area contributed by atoms with Crippen molar-refractivity contribution in [1.82, 2.24) is 15.3 Å². The molecule has 1 heterocycles. The van der Waals surface area contributed by atoms with E-state index in [4.69, 9.17) is 5.26 Å². The molecule has 0 spiro atoms. The van der Waals surface area contributed by atoms with Gasteiger partial charge in [-0.1, -0.05) is 13.3 Å². The van der Waals surface area contributed by atoms with E-state index in [1.807, 2.05) is 13.0 Å². The van der Waals surface area contributed by atoms with Gasteiger partial charge >= 0.3 is 0 Å². The molecule has 8 heteroatoms. The minimum atomic E-state index is -3.59. The smallest absolute Gasteiger partial charge is 0.271 e. The lowest BCUT2D eigenvalue weighted by Gasteiger charge is -2.11. The van der Waals surface area contributed by atoms with E-state index in [-0.39, 0.29) is 5.69 Å². The minimum absolute atomic E-state index is 0.0308. The molecule has 0 bridgehead atoms. The first-order chi connectivity index (χ1) is 9.29. The SMILES string of the molecule is CCCC(C#N)NC(=O)c1nc(S(C)(=O)=O)ncc1C. The van der Waals surface area contributed by atoms with Gasteiger partial charge in [0.15, 0.2) is 0 Å². The van der Waals surface area contributed by atoms with E-state index in [1.165, 1.54) is 6.20 Å². The number of aromatic nitrogens is 2. The second-order valence-corrected chi connectivity index (χ2v) is 6.31. The molecule has 1 rings (SSSR count). The number of rotatable bonds is 5. The molecular formula is C12H16N4O3S. The van der Waals surface area contributed by atoms with Crippen LogP contribution in [0.5, 0.6) is 0 Å². The van der Waals surface area contributed by atoms with Gasteiger partial charge in [0.25, 0.3) is 5.91 Å². The fraction of sp³-hybridized carbons (Fsp3) is 0.500. The molecule has 1 aromatic rings. The normalized spacial score (nSPS) is 12.5. The Hall–Kier alpha value is -2.01. The molecule has 0 fully saturated rings. The molecule has 1 N–H and O–H groups in total. The maximum atomic E-state index is 12.0. The van der Waals surface area contributed by atoms with Crippen LogP contribution in [-0.2, 0) is 9.84 Å². The number of nitrogens with zero attached hydrogens (tertiary/aromatic N) is 3. The van der Waals surface area contributed by atoms with Crippen molar-refractivity contribution in [3.8, 4) is 6.07 Å². The summed E-state index contributed by atoms with van der Waals surface area (Å²) < 4.78 is 22.8. The fourth-order valence-electron chi connectivity index (χ4n) is 1.52. The van der Waals surface area contributed by atoms with Gasteiger partial charge in [0, 0.05) is 12.5 Å². The molecule has 20 heavy (non-hydrogen) atoms. The monoisotopic (exact) mass is 296 g/mol. The molecule has 0 aromatic carbocycles. The first kappa shape index (κ1) is 16.0. The van der Waals surface area contributed by atoms with Crippen molar-refractivity contribution in [2.45, 2.75) is 37.9 Å². The maximum Gasteiger partial charge on any atom is 0.271 e. The van der Waals surface area contributed by atoms with Gasteiger partial charge in [0.1, 0.15) is 11.7 Å². The highest BCUT2D eigenvalue weighted by Gasteiger charge is 2.19. The Balaban J connectivity index is 3.07. The molecule has 1 aromatic heterocycles. The van der Waals surface area contributed by atoms with Crippen molar-refractivity contribution in [3.05, 3.63) is 17.5 Å². The molecule has 0 saturated carbocycles. The number of carbonyl (C=O) groups is 1. The maximum absolute atomic E-state index is 12.0. The second-order valence-electron chi connectivity index (χ2n) is 4.40. The largest absolute Gasteiger partial charge is 0.335 e. The summed E-state index contributed by atoms with van der Waals surface area (Å²) in [6, 6.07) is 1.35. The Morgan fingerprint density at radius 1 is 1.55 bits per heavy atom. The zero-order valence-corrected chi connectivity index (χ0v) is 12.4. The van der Waals surface area contributed by atoms with Crippen molar-refractivity contribution in [2.75, 3.05) is 6.26 Å². The van der Waals surface area contributed by atoms with Crippen molar-refractivity contribution < 1.29 is 13.2 Å². The summed E-state index contributed by atoms with van der Waals surface area (Å²) in [6.07, 6.45) is 3.51. The van der Waals surface area contributed by atoms with Crippen LogP contribution in [0.2, 0.25) is 0 Å². The van der Waals surface area contributed by atoms with Gasteiger partial charge in [-0.15, -0.1) is 0 Å². The van der Waals surface area contributed by atoms with Gasteiger partial charge in [-0.3, -0.25) is 4.79 Å². The van der Waals surface area contributed by atoms with Gasteiger partial charge in [0.05, 0.1) is 6.07 Å². The van der Waals surface area contributed by atoms with E-state index in [0.717, 1.165) is 12.7 Å². The Bertz CT molecular complexity index is 649. The highest BCUT2D eigenvalue weighted by molar-refractivity contribution is 7.90. The molecule has 1 atom stereocenters. The summed E-state index contributed by atoms with van der Waals surface area (Å²) in [5.41, 5.74) is 0.417. The summed E-state index contributed by atoms with van der Waals surface area (Å²) in [5.74, 6) is -0.574. The molecule has 108 valence electrons. The summed E-state index contributed by atoms with van der Waals surface area (Å²) in [4.78, 5) is 19.5. The van der Waals surface area contributed by atoms with Crippen molar-refractivity contribution in [1.29, 1.82) is 5.26 Å². The van der Waals surface area contributed by atoms with Gasteiger partial charge in [-0.2, -0.15) is 5.26 Å². The number of hydrogen-bond acceptors (Lipinski definition) is 6. The van der Waals surface area contributed by atoms with E-state index in [2.05, 4.69) is 15.3 Å². The van der Waals surface area contributed by atoms with Crippen LogP contribution in [0, 0.1) is 18.3 Å². The summed E-state index contributed by atoms with van der Waals surface area (Å²) >= 11 is 0. The quantitative estimate of drug-likeness (QED) is 0.796. The van der Waals surface area contributed by atoms with Gasteiger partial charge in [0.2, 0.25) is 15.0 Å². The number of amides is 1. The van der Waals surface area contributed by atoms with E-state index >= 15 is 0 Å². The first-order valence-corrected chi connectivity index (χ1v) is 7.93. The molecule has 0 aliphatic heterocycles. The second kappa shape index (κ2) is 6.43. The van der Waals surface area contributed by atoms with E-state index in [1.54, 1.807) is 6.92 Å². The van der Waals surface area contributed by atoms with Crippen LogP contribution < -0.4 is 5.32 Å². The predicted molar refractivity (Wildman–Crippen MR) is 71.7 cm³/mol. The number of carbonyl (C=O) groups excluding carboxylic acids is 1. The molecule has 1 amide bonds. The third-order valence-electron chi connectivity index (χ3n) is 2.53. The Morgan fingerprint density at radius 3 is 2.70 bits per heavy atom. The first-order valence-electron chi connectivity index (χ1n) is 6.03. The average molecular weight is 296 g/mol.